The van der Waals surface area contributed by atoms with Crippen LogP contribution in [0, 0.1) is 6.92 Å². The summed E-state index contributed by atoms with van der Waals surface area (Å²) in [6, 6.07) is 12.1. The fourth-order valence-electron chi connectivity index (χ4n) is 1.81. The second-order valence-corrected chi connectivity index (χ2v) is 5.79. The molecule has 0 heterocycles. The van der Waals surface area contributed by atoms with Crippen LogP contribution in [-0.2, 0) is 4.79 Å². The predicted molar refractivity (Wildman–Crippen MR) is 95.7 cm³/mol. The smallest absolute Gasteiger partial charge is 0.259 e. The van der Waals surface area contributed by atoms with E-state index in [4.69, 9.17) is 23.2 Å². The van der Waals surface area contributed by atoms with Gasteiger partial charge in [0.05, 0.1) is 22.8 Å². The highest BCUT2D eigenvalue weighted by Gasteiger charge is 2.07. The number of aryl methyl sites for hydroxylation is 1. The quantitative estimate of drug-likeness (QED) is 0.632. The zero-order valence-electron chi connectivity index (χ0n) is 12.8. The molecule has 2 N–H and O–H groups in total. The van der Waals surface area contributed by atoms with Gasteiger partial charge >= 0.3 is 0 Å². The Hall–Kier alpha value is -2.37. The van der Waals surface area contributed by atoms with Crippen LogP contribution < -0.4 is 10.7 Å². The number of rotatable bonds is 5. The third-order valence-electron chi connectivity index (χ3n) is 3.11. The average Bonchev–Trinajstić information content (AvgIpc) is 2.56. The van der Waals surface area contributed by atoms with Gasteiger partial charge in [-0.2, -0.15) is 5.10 Å². The van der Waals surface area contributed by atoms with Crippen molar-refractivity contribution in [2.75, 3.05) is 6.54 Å². The van der Waals surface area contributed by atoms with Gasteiger partial charge in [0.1, 0.15) is 0 Å². The second-order valence-electron chi connectivity index (χ2n) is 4.98. The van der Waals surface area contributed by atoms with Gasteiger partial charge in [0.15, 0.2) is 0 Å². The molecule has 5 nitrogen and oxygen atoms in total. The van der Waals surface area contributed by atoms with Gasteiger partial charge in [0.2, 0.25) is 0 Å². The lowest BCUT2D eigenvalue weighted by molar-refractivity contribution is -0.120. The Morgan fingerprint density at radius 1 is 1.08 bits per heavy atom. The fraction of sp³-hybridized carbons (Fsp3) is 0.118. The van der Waals surface area contributed by atoms with Gasteiger partial charge in [-0.25, -0.2) is 5.43 Å². The number of hydrogen-bond acceptors (Lipinski definition) is 3. The molecular weight excluding hydrogens is 349 g/mol. The molecule has 0 fully saturated rings. The van der Waals surface area contributed by atoms with Crippen LogP contribution in [0.4, 0.5) is 0 Å². The number of hydrogen-bond donors (Lipinski definition) is 2. The van der Waals surface area contributed by atoms with Crippen molar-refractivity contribution in [1.29, 1.82) is 0 Å². The molecule has 0 aliphatic heterocycles. The van der Waals surface area contributed by atoms with Crippen LogP contribution in [0.1, 0.15) is 21.5 Å². The Morgan fingerprint density at radius 3 is 2.33 bits per heavy atom. The molecule has 7 heteroatoms. The molecule has 0 spiro atoms. The van der Waals surface area contributed by atoms with Gasteiger partial charge in [-0.3, -0.25) is 9.59 Å². The summed E-state index contributed by atoms with van der Waals surface area (Å²) in [6.45, 7) is 1.73. The van der Waals surface area contributed by atoms with Crippen molar-refractivity contribution in [2.24, 2.45) is 5.10 Å². The summed E-state index contributed by atoms with van der Waals surface area (Å²) in [5, 5.41) is 7.14. The SMILES string of the molecule is Cc1ccc(C(=O)NCC(=O)N/N=C/c2c(Cl)cccc2Cl)cc1. The lowest BCUT2D eigenvalue weighted by atomic mass is 10.1. The highest BCUT2D eigenvalue weighted by molar-refractivity contribution is 6.38. The first kappa shape index (κ1) is 18.0. The summed E-state index contributed by atoms with van der Waals surface area (Å²) in [7, 11) is 0. The monoisotopic (exact) mass is 363 g/mol. The minimum atomic E-state index is -0.463. The van der Waals surface area contributed by atoms with Crippen LogP contribution in [0.25, 0.3) is 0 Å². The van der Waals surface area contributed by atoms with Crippen molar-refractivity contribution in [3.63, 3.8) is 0 Å². The number of halogens is 2. The van der Waals surface area contributed by atoms with E-state index in [0.717, 1.165) is 5.56 Å². The first-order chi connectivity index (χ1) is 11.5. The number of hydrazone groups is 1. The number of carbonyl (C=O) groups excluding carboxylic acids is 2. The predicted octanol–water partition coefficient (Wildman–Crippen LogP) is 3.18. The highest BCUT2D eigenvalue weighted by atomic mass is 35.5. The van der Waals surface area contributed by atoms with Crippen LogP contribution in [0.15, 0.2) is 47.6 Å². The van der Waals surface area contributed by atoms with Gasteiger partial charge < -0.3 is 5.32 Å². The maximum atomic E-state index is 11.9. The van der Waals surface area contributed by atoms with E-state index in [-0.39, 0.29) is 12.5 Å². The van der Waals surface area contributed by atoms with E-state index in [1.165, 1.54) is 6.21 Å². The minimum absolute atomic E-state index is 0.194. The van der Waals surface area contributed by atoms with Crippen molar-refractivity contribution in [3.05, 3.63) is 69.2 Å². The molecule has 0 saturated carbocycles. The molecule has 0 saturated heterocycles. The van der Waals surface area contributed by atoms with Gasteiger partial charge in [-0.05, 0) is 31.2 Å². The first-order valence-electron chi connectivity index (χ1n) is 7.08. The van der Waals surface area contributed by atoms with E-state index in [1.54, 1.807) is 30.3 Å². The normalized spacial score (nSPS) is 10.6. The molecule has 2 aromatic carbocycles. The van der Waals surface area contributed by atoms with Crippen molar-refractivity contribution in [3.8, 4) is 0 Å². The largest absolute Gasteiger partial charge is 0.343 e. The zero-order chi connectivity index (χ0) is 17.5. The molecule has 2 rings (SSSR count). The molecule has 2 aromatic rings. The Bertz CT molecular complexity index is 754. The Balaban J connectivity index is 1.84. The molecule has 0 aliphatic carbocycles. The topological polar surface area (TPSA) is 70.6 Å². The van der Waals surface area contributed by atoms with Crippen LogP contribution in [0.5, 0.6) is 0 Å². The number of carbonyl (C=O) groups is 2. The van der Waals surface area contributed by atoms with Crippen molar-refractivity contribution >= 4 is 41.2 Å². The van der Waals surface area contributed by atoms with Crippen molar-refractivity contribution < 1.29 is 9.59 Å². The third-order valence-corrected chi connectivity index (χ3v) is 3.77. The summed E-state index contributed by atoms with van der Waals surface area (Å²) < 4.78 is 0. The summed E-state index contributed by atoms with van der Waals surface area (Å²) in [4.78, 5) is 23.6. The Kier molecular flexibility index (Phi) is 6.35. The van der Waals surface area contributed by atoms with Crippen LogP contribution in [0.2, 0.25) is 10.0 Å². The van der Waals surface area contributed by atoms with E-state index >= 15 is 0 Å². The molecule has 0 aromatic heterocycles. The summed E-state index contributed by atoms with van der Waals surface area (Å²) in [5.74, 6) is -0.793. The van der Waals surface area contributed by atoms with Gasteiger partial charge in [-0.15, -0.1) is 0 Å². The molecular formula is C17H15Cl2N3O2. The Labute approximate surface area is 149 Å². The van der Waals surface area contributed by atoms with Crippen LogP contribution >= 0.6 is 23.2 Å². The number of benzene rings is 2. The summed E-state index contributed by atoms with van der Waals surface area (Å²) in [6.07, 6.45) is 1.35. The molecule has 0 bridgehead atoms. The summed E-state index contributed by atoms with van der Waals surface area (Å²) >= 11 is 12.0. The number of amides is 2. The minimum Gasteiger partial charge on any atom is -0.343 e. The molecule has 0 radical (unpaired) electrons. The standard InChI is InChI=1S/C17H15Cl2N3O2/c1-11-5-7-12(8-6-11)17(24)20-10-16(23)22-21-9-13-14(18)3-2-4-15(13)19/h2-9H,10H2,1H3,(H,20,24)(H,22,23)/b21-9+. The first-order valence-corrected chi connectivity index (χ1v) is 7.84. The third kappa shape index (κ3) is 5.08. The zero-order valence-corrected chi connectivity index (χ0v) is 14.4. The van der Waals surface area contributed by atoms with Gasteiger partial charge in [-0.1, -0.05) is 47.0 Å². The van der Waals surface area contributed by atoms with Gasteiger partial charge in [0, 0.05) is 11.1 Å². The molecule has 0 unspecified atom stereocenters. The van der Waals surface area contributed by atoms with Crippen LogP contribution in [0.3, 0.4) is 0 Å². The highest BCUT2D eigenvalue weighted by Crippen LogP contribution is 2.21. The van der Waals surface area contributed by atoms with E-state index in [2.05, 4.69) is 15.8 Å². The summed E-state index contributed by atoms with van der Waals surface area (Å²) in [5.41, 5.74) is 4.34. The molecule has 24 heavy (non-hydrogen) atoms. The molecule has 0 atom stereocenters. The van der Waals surface area contributed by atoms with E-state index in [1.807, 2.05) is 19.1 Å². The lowest BCUT2D eigenvalue weighted by Gasteiger charge is -2.05. The van der Waals surface area contributed by atoms with Crippen molar-refractivity contribution in [2.45, 2.75) is 6.92 Å². The molecule has 2 amide bonds. The average molecular weight is 364 g/mol. The van der Waals surface area contributed by atoms with Crippen LogP contribution in [-0.4, -0.2) is 24.6 Å². The number of nitrogens with zero attached hydrogens (tertiary/aromatic N) is 1. The van der Waals surface area contributed by atoms with Crippen molar-refractivity contribution in [1.82, 2.24) is 10.7 Å². The van der Waals surface area contributed by atoms with E-state index < -0.39 is 5.91 Å². The fourth-order valence-corrected chi connectivity index (χ4v) is 2.30. The molecule has 0 aliphatic rings. The Morgan fingerprint density at radius 2 is 1.71 bits per heavy atom. The number of nitrogens with one attached hydrogen (secondary N) is 2. The van der Waals surface area contributed by atoms with E-state index in [0.29, 0.717) is 21.2 Å². The second kappa shape index (κ2) is 8.47. The van der Waals surface area contributed by atoms with Gasteiger partial charge in [0.25, 0.3) is 11.8 Å². The molecule has 124 valence electrons. The maximum absolute atomic E-state index is 11.9. The van der Waals surface area contributed by atoms with E-state index in [9.17, 15) is 9.59 Å². The lowest BCUT2D eigenvalue weighted by Crippen LogP contribution is -2.34. The maximum Gasteiger partial charge on any atom is 0.259 e.